The minimum Gasteiger partial charge on any atom is -0.306 e. The summed E-state index contributed by atoms with van der Waals surface area (Å²) in [5, 5.41) is 0. The molecule has 13 heavy (non-hydrogen) atoms. The highest BCUT2D eigenvalue weighted by atomic mass is 35.5. The van der Waals surface area contributed by atoms with E-state index in [4.69, 9.17) is 0 Å². The van der Waals surface area contributed by atoms with Crippen molar-refractivity contribution < 1.29 is 0 Å². The normalized spacial score (nSPS) is 15.6. The van der Waals surface area contributed by atoms with Gasteiger partial charge in [-0.1, -0.05) is 24.3 Å². The highest BCUT2D eigenvalue weighted by Gasteiger charge is 2.21. The number of rotatable bonds is 1. The van der Waals surface area contributed by atoms with E-state index in [-0.39, 0.29) is 12.4 Å². The lowest BCUT2D eigenvalue weighted by Gasteiger charge is -2.17. The Kier molecular flexibility index (Phi) is 3.34. The van der Waals surface area contributed by atoms with Gasteiger partial charge in [-0.05, 0) is 38.1 Å². The lowest BCUT2D eigenvalue weighted by Crippen LogP contribution is -2.27. The molecule has 2 rings (SSSR count). The average Bonchev–Trinajstić information content (AvgIpc) is 2.46. The van der Waals surface area contributed by atoms with Crippen molar-refractivity contribution in [3.63, 3.8) is 0 Å². The van der Waals surface area contributed by atoms with Gasteiger partial charge in [0.15, 0.2) is 0 Å². The fraction of sp³-hybridized carbons (Fsp3) is 0.455. The molecule has 1 aromatic carbocycles. The molecule has 0 bridgehead atoms. The highest BCUT2D eigenvalue weighted by Crippen LogP contribution is 2.23. The Morgan fingerprint density at radius 1 is 1.08 bits per heavy atom. The Hall–Kier alpha value is -0.530. The third-order valence-electron chi connectivity index (χ3n) is 2.76. The van der Waals surface area contributed by atoms with Crippen LogP contribution < -0.4 is 0 Å². The van der Waals surface area contributed by atoms with Crippen LogP contribution in [0.2, 0.25) is 0 Å². The number of hydrogen-bond acceptors (Lipinski definition) is 1. The Morgan fingerprint density at radius 2 is 1.54 bits per heavy atom. The molecule has 1 aromatic rings. The quantitative estimate of drug-likeness (QED) is 0.667. The Labute approximate surface area is 86.2 Å². The van der Waals surface area contributed by atoms with Gasteiger partial charge in [0.05, 0.1) is 0 Å². The predicted octanol–water partition coefficient (Wildman–Crippen LogP) is 2.14. The van der Waals surface area contributed by atoms with Gasteiger partial charge in [-0.2, -0.15) is 0 Å². The minimum absolute atomic E-state index is 0. The van der Waals surface area contributed by atoms with Gasteiger partial charge in [0.2, 0.25) is 0 Å². The van der Waals surface area contributed by atoms with Crippen molar-refractivity contribution >= 4 is 12.4 Å². The van der Waals surface area contributed by atoms with E-state index in [0.717, 1.165) is 6.04 Å². The molecule has 0 fully saturated rings. The molecule has 0 radical (unpaired) electrons. The van der Waals surface area contributed by atoms with Crippen LogP contribution in [0.15, 0.2) is 24.3 Å². The third-order valence-corrected chi connectivity index (χ3v) is 2.76. The first-order valence-corrected chi connectivity index (χ1v) is 4.50. The zero-order valence-electron chi connectivity index (χ0n) is 8.16. The van der Waals surface area contributed by atoms with E-state index in [1.165, 1.54) is 24.0 Å². The number of nitrogens with zero attached hydrogens (tertiary/aromatic N) is 1. The Balaban J connectivity index is 0.000000845. The van der Waals surface area contributed by atoms with Crippen LogP contribution in [0.1, 0.15) is 11.1 Å². The summed E-state index contributed by atoms with van der Waals surface area (Å²) in [4.78, 5) is 2.32. The van der Waals surface area contributed by atoms with Gasteiger partial charge >= 0.3 is 0 Å². The van der Waals surface area contributed by atoms with E-state index in [1.54, 1.807) is 0 Å². The topological polar surface area (TPSA) is 3.24 Å². The zero-order chi connectivity index (χ0) is 8.55. The van der Waals surface area contributed by atoms with Crippen molar-refractivity contribution in [2.24, 2.45) is 0 Å². The molecule has 0 aromatic heterocycles. The molecule has 0 aliphatic heterocycles. The minimum atomic E-state index is 0. The van der Waals surface area contributed by atoms with E-state index in [2.05, 4.69) is 43.3 Å². The molecule has 1 nitrogen and oxygen atoms in total. The molecular weight excluding hydrogens is 182 g/mol. The van der Waals surface area contributed by atoms with E-state index in [1.807, 2.05) is 0 Å². The lowest BCUT2D eigenvalue weighted by molar-refractivity contribution is 0.303. The predicted molar refractivity (Wildman–Crippen MR) is 58.6 cm³/mol. The molecular formula is C11H16ClN. The molecule has 0 unspecified atom stereocenters. The summed E-state index contributed by atoms with van der Waals surface area (Å²) >= 11 is 0. The molecule has 0 amide bonds. The summed E-state index contributed by atoms with van der Waals surface area (Å²) in [6.07, 6.45) is 2.45. The van der Waals surface area contributed by atoms with Crippen LogP contribution in [0.3, 0.4) is 0 Å². The van der Waals surface area contributed by atoms with E-state index < -0.39 is 0 Å². The van der Waals surface area contributed by atoms with Gasteiger partial charge in [-0.15, -0.1) is 12.4 Å². The molecule has 0 N–H and O–H groups in total. The van der Waals surface area contributed by atoms with E-state index >= 15 is 0 Å². The molecule has 0 atom stereocenters. The summed E-state index contributed by atoms with van der Waals surface area (Å²) in [7, 11) is 4.33. The Morgan fingerprint density at radius 3 is 1.92 bits per heavy atom. The number of likely N-dealkylation sites (N-methyl/N-ethyl adjacent to an activating group) is 1. The van der Waals surface area contributed by atoms with Crippen LogP contribution in [0.4, 0.5) is 0 Å². The van der Waals surface area contributed by atoms with Crippen molar-refractivity contribution in [2.75, 3.05) is 14.1 Å². The van der Waals surface area contributed by atoms with E-state index in [9.17, 15) is 0 Å². The van der Waals surface area contributed by atoms with Gasteiger partial charge in [-0.3, -0.25) is 0 Å². The fourth-order valence-electron chi connectivity index (χ4n) is 1.90. The van der Waals surface area contributed by atoms with Crippen LogP contribution in [0.5, 0.6) is 0 Å². The van der Waals surface area contributed by atoms with Gasteiger partial charge < -0.3 is 4.90 Å². The largest absolute Gasteiger partial charge is 0.306 e. The SMILES string of the molecule is CN(C)C1Cc2ccccc2C1.Cl. The van der Waals surface area contributed by atoms with Crippen molar-refractivity contribution in [3.8, 4) is 0 Å². The van der Waals surface area contributed by atoms with Crippen molar-refractivity contribution in [2.45, 2.75) is 18.9 Å². The Bertz CT molecular complexity index is 258. The van der Waals surface area contributed by atoms with Crippen LogP contribution in [-0.2, 0) is 12.8 Å². The summed E-state index contributed by atoms with van der Waals surface area (Å²) in [5.74, 6) is 0. The fourth-order valence-corrected chi connectivity index (χ4v) is 1.90. The first-order valence-electron chi connectivity index (χ1n) is 4.50. The number of halogens is 1. The summed E-state index contributed by atoms with van der Waals surface area (Å²) < 4.78 is 0. The second-order valence-corrected chi connectivity index (χ2v) is 3.79. The van der Waals surface area contributed by atoms with Crippen molar-refractivity contribution in [3.05, 3.63) is 35.4 Å². The van der Waals surface area contributed by atoms with Crippen molar-refractivity contribution in [1.29, 1.82) is 0 Å². The molecule has 72 valence electrons. The molecule has 1 aliphatic carbocycles. The number of hydrogen-bond donors (Lipinski definition) is 0. The van der Waals surface area contributed by atoms with Gasteiger partial charge in [0.25, 0.3) is 0 Å². The maximum Gasteiger partial charge on any atom is 0.0170 e. The summed E-state index contributed by atoms with van der Waals surface area (Å²) in [6.45, 7) is 0. The monoisotopic (exact) mass is 197 g/mol. The first kappa shape index (κ1) is 10.6. The van der Waals surface area contributed by atoms with Gasteiger partial charge in [0, 0.05) is 6.04 Å². The van der Waals surface area contributed by atoms with Crippen LogP contribution in [-0.4, -0.2) is 25.0 Å². The molecule has 2 heteroatoms. The van der Waals surface area contributed by atoms with Crippen LogP contribution >= 0.6 is 12.4 Å². The molecule has 1 aliphatic rings. The highest BCUT2D eigenvalue weighted by molar-refractivity contribution is 5.85. The lowest BCUT2D eigenvalue weighted by atomic mass is 10.1. The van der Waals surface area contributed by atoms with Crippen LogP contribution in [0.25, 0.3) is 0 Å². The van der Waals surface area contributed by atoms with Crippen molar-refractivity contribution in [1.82, 2.24) is 4.90 Å². The molecule has 0 spiro atoms. The second kappa shape index (κ2) is 4.12. The van der Waals surface area contributed by atoms with Crippen LogP contribution in [0, 0.1) is 0 Å². The van der Waals surface area contributed by atoms with Gasteiger partial charge in [-0.25, -0.2) is 0 Å². The van der Waals surface area contributed by atoms with Gasteiger partial charge in [0.1, 0.15) is 0 Å². The first-order chi connectivity index (χ1) is 5.77. The summed E-state index contributed by atoms with van der Waals surface area (Å²) in [5.41, 5.74) is 3.08. The maximum absolute atomic E-state index is 2.32. The molecule has 0 saturated heterocycles. The van der Waals surface area contributed by atoms with E-state index in [0.29, 0.717) is 0 Å². The smallest absolute Gasteiger partial charge is 0.0170 e. The zero-order valence-corrected chi connectivity index (χ0v) is 8.97. The third kappa shape index (κ3) is 2.04. The average molecular weight is 198 g/mol. The second-order valence-electron chi connectivity index (χ2n) is 3.79. The standard InChI is InChI=1S/C11H15N.ClH/c1-12(2)11-7-9-5-3-4-6-10(9)8-11;/h3-6,11H,7-8H2,1-2H3;1H. The maximum atomic E-state index is 2.32. The number of benzene rings is 1. The number of fused-ring (bicyclic) bond motifs is 1. The molecule has 0 heterocycles. The summed E-state index contributed by atoms with van der Waals surface area (Å²) in [6, 6.07) is 9.49. The molecule has 0 saturated carbocycles.